The highest BCUT2D eigenvalue weighted by Gasteiger charge is 2.20. The molecule has 2 aromatic carbocycles. The van der Waals surface area contributed by atoms with E-state index in [0.717, 1.165) is 61.3 Å². The molecule has 1 N–H and O–H groups in total. The first-order chi connectivity index (χ1) is 15.7. The van der Waals surface area contributed by atoms with Gasteiger partial charge < -0.3 is 14.6 Å². The monoisotopic (exact) mass is 453 g/mol. The van der Waals surface area contributed by atoms with Crippen molar-refractivity contribution in [1.29, 1.82) is 0 Å². The van der Waals surface area contributed by atoms with E-state index in [1.54, 1.807) is 0 Å². The van der Waals surface area contributed by atoms with Crippen LogP contribution in [0.5, 0.6) is 5.75 Å². The van der Waals surface area contributed by atoms with Crippen LogP contribution in [0.4, 0.5) is 0 Å². The smallest absolute Gasteiger partial charge is 0.223 e. The summed E-state index contributed by atoms with van der Waals surface area (Å²) in [6, 6.07) is 15.8. The molecule has 0 aliphatic heterocycles. The Balaban J connectivity index is 1.30. The van der Waals surface area contributed by atoms with Crippen LogP contribution in [0.15, 0.2) is 48.5 Å². The van der Waals surface area contributed by atoms with Gasteiger partial charge in [0.1, 0.15) is 11.6 Å². The minimum Gasteiger partial charge on any atom is -0.492 e. The molecule has 1 heterocycles. The molecule has 0 spiro atoms. The van der Waals surface area contributed by atoms with Crippen molar-refractivity contribution in [3.05, 3.63) is 59.4 Å². The van der Waals surface area contributed by atoms with Crippen LogP contribution in [-0.2, 0) is 17.8 Å². The van der Waals surface area contributed by atoms with Gasteiger partial charge in [0.05, 0.1) is 22.7 Å². The topological polar surface area (TPSA) is 56.2 Å². The Kier molecular flexibility index (Phi) is 8.05. The fourth-order valence-corrected chi connectivity index (χ4v) is 4.69. The Morgan fingerprint density at radius 2 is 1.84 bits per heavy atom. The molecule has 1 aliphatic carbocycles. The molecule has 4 rings (SSSR count). The van der Waals surface area contributed by atoms with E-state index in [4.69, 9.17) is 21.3 Å². The number of carbonyl (C=O) groups excluding carboxylic acids is 1. The maximum atomic E-state index is 12.4. The molecule has 1 fully saturated rings. The predicted molar refractivity (Wildman–Crippen MR) is 129 cm³/mol. The quantitative estimate of drug-likeness (QED) is 0.395. The first-order valence-corrected chi connectivity index (χ1v) is 12.2. The Hall–Kier alpha value is -2.53. The standard InChI is InChI=1S/C26H32ClN3O2/c27-21-12-4-7-15-24(21)32-19-9-18-30-23-14-6-5-13-22(23)29-25(30)16-8-17-28-26(31)20-10-2-1-3-11-20/h4-7,12-15,20H,1-3,8-11,16-19H2,(H,28,31). The number of fused-ring (bicyclic) bond motifs is 1. The predicted octanol–water partition coefficient (Wildman–Crippen LogP) is 5.79. The molecule has 32 heavy (non-hydrogen) atoms. The number of imidazole rings is 1. The lowest BCUT2D eigenvalue weighted by Gasteiger charge is -2.20. The van der Waals surface area contributed by atoms with Gasteiger partial charge in [-0.3, -0.25) is 4.79 Å². The van der Waals surface area contributed by atoms with Gasteiger partial charge in [0, 0.05) is 25.4 Å². The van der Waals surface area contributed by atoms with Gasteiger partial charge >= 0.3 is 0 Å². The molecule has 6 heteroatoms. The number of hydrogen-bond acceptors (Lipinski definition) is 3. The van der Waals surface area contributed by atoms with Crippen molar-refractivity contribution in [1.82, 2.24) is 14.9 Å². The molecule has 0 unspecified atom stereocenters. The summed E-state index contributed by atoms with van der Waals surface area (Å²) in [4.78, 5) is 17.2. The number of nitrogens with zero attached hydrogens (tertiary/aromatic N) is 2. The number of nitrogens with one attached hydrogen (secondary N) is 1. The van der Waals surface area contributed by atoms with E-state index in [9.17, 15) is 4.79 Å². The maximum Gasteiger partial charge on any atom is 0.223 e. The molecule has 1 amide bonds. The van der Waals surface area contributed by atoms with Crippen molar-refractivity contribution in [3.8, 4) is 5.75 Å². The van der Waals surface area contributed by atoms with E-state index >= 15 is 0 Å². The number of amides is 1. The summed E-state index contributed by atoms with van der Waals surface area (Å²) < 4.78 is 8.14. The van der Waals surface area contributed by atoms with Gasteiger partial charge in [-0.05, 0) is 49.9 Å². The summed E-state index contributed by atoms with van der Waals surface area (Å²) in [5.41, 5.74) is 2.16. The van der Waals surface area contributed by atoms with Gasteiger partial charge in [-0.1, -0.05) is 55.1 Å². The highest BCUT2D eigenvalue weighted by atomic mass is 35.5. The lowest BCUT2D eigenvalue weighted by atomic mass is 9.89. The van der Waals surface area contributed by atoms with Crippen LogP contribution in [0.1, 0.15) is 50.8 Å². The number of rotatable bonds is 10. The number of benzene rings is 2. The Morgan fingerprint density at radius 1 is 1.06 bits per heavy atom. The number of para-hydroxylation sites is 3. The Bertz CT molecular complexity index is 1030. The van der Waals surface area contributed by atoms with Crippen molar-refractivity contribution in [2.24, 2.45) is 5.92 Å². The number of ether oxygens (including phenoxy) is 1. The second-order valence-electron chi connectivity index (χ2n) is 8.53. The lowest BCUT2D eigenvalue weighted by molar-refractivity contribution is -0.125. The van der Waals surface area contributed by atoms with Crippen LogP contribution in [0, 0.1) is 5.92 Å². The van der Waals surface area contributed by atoms with Gasteiger partial charge in [-0.15, -0.1) is 0 Å². The van der Waals surface area contributed by atoms with Crippen LogP contribution in [-0.4, -0.2) is 28.6 Å². The van der Waals surface area contributed by atoms with Gasteiger partial charge in [0.2, 0.25) is 5.91 Å². The zero-order chi connectivity index (χ0) is 22.2. The highest BCUT2D eigenvalue weighted by molar-refractivity contribution is 6.32. The molecular formula is C26H32ClN3O2. The summed E-state index contributed by atoms with van der Waals surface area (Å²) in [5.74, 6) is 2.23. The minimum absolute atomic E-state index is 0.214. The third-order valence-electron chi connectivity index (χ3n) is 6.21. The van der Waals surface area contributed by atoms with Gasteiger partial charge in [0.25, 0.3) is 0 Å². The Labute approximate surface area is 195 Å². The summed E-state index contributed by atoms with van der Waals surface area (Å²) in [5, 5.41) is 3.78. The van der Waals surface area contributed by atoms with Crippen LogP contribution in [0.2, 0.25) is 5.02 Å². The third kappa shape index (κ3) is 5.83. The van der Waals surface area contributed by atoms with Crippen molar-refractivity contribution in [2.75, 3.05) is 13.2 Å². The van der Waals surface area contributed by atoms with Gasteiger partial charge in [-0.2, -0.15) is 0 Å². The number of hydrogen-bond donors (Lipinski definition) is 1. The molecule has 0 atom stereocenters. The molecule has 3 aromatic rings. The third-order valence-corrected chi connectivity index (χ3v) is 6.52. The zero-order valence-corrected chi connectivity index (χ0v) is 19.3. The zero-order valence-electron chi connectivity index (χ0n) is 18.6. The number of halogens is 1. The van der Waals surface area contributed by atoms with E-state index < -0.39 is 0 Å². The largest absolute Gasteiger partial charge is 0.492 e. The van der Waals surface area contributed by atoms with Crippen LogP contribution in [0.25, 0.3) is 11.0 Å². The van der Waals surface area contributed by atoms with Crippen molar-refractivity contribution >= 4 is 28.5 Å². The maximum absolute atomic E-state index is 12.4. The number of aryl methyl sites for hydroxylation is 2. The minimum atomic E-state index is 0.214. The van der Waals surface area contributed by atoms with Crippen molar-refractivity contribution < 1.29 is 9.53 Å². The highest BCUT2D eigenvalue weighted by Crippen LogP contribution is 2.24. The van der Waals surface area contributed by atoms with Crippen LogP contribution >= 0.6 is 11.6 Å². The fourth-order valence-electron chi connectivity index (χ4n) is 4.50. The summed E-state index contributed by atoms with van der Waals surface area (Å²) in [6.07, 6.45) is 8.30. The van der Waals surface area contributed by atoms with E-state index in [-0.39, 0.29) is 11.8 Å². The summed E-state index contributed by atoms with van der Waals surface area (Å²) in [7, 11) is 0. The summed E-state index contributed by atoms with van der Waals surface area (Å²) >= 11 is 6.18. The number of aromatic nitrogens is 2. The van der Waals surface area contributed by atoms with Crippen molar-refractivity contribution in [3.63, 3.8) is 0 Å². The van der Waals surface area contributed by atoms with E-state index in [2.05, 4.69) is 28.1 Å². The van der Waals surface area contributed by atoms with Gasteiger partial charge in [-0.25, -0.2) is 4.98 Å². The van der Waals surface area contributed by atoms with Crippen molar-refractivity contribution in [2.45, 2.75) is 57.9 Å². The Morgan fingerprint density at radius 3 is 2.69 bits per heavy atom. The molecule has 1 saturated carbocycles. The normalized spacial score (nSPS) is 14.5. The molecule has 5 nitrogen and oxygen atoms in total. The van der Waals surface area contributed by atoms with Crippen LogP contribution < -0.4 is 10.1 Å². The number of carbonyl (C=O) groups is 1. The molecule has 0 radical (unpaired) electrons. The molecule has 0 saturated heterocycles. The van der Waals surface area contributed by atoms with E-state index in [1.807, 2.05) is 30.3 Å². The average Bonchev–Trinajstić information content (AvgIpc) is 3.18. The first kappa shape index (κ1) is 22.7. The van der Waals surface area contributed by atoms with Crippen LogP contribution in [0.3, 0.4) is 0 Å². The van der Waals surface area contributed by atoms with E-state index in [0.29, 0.717) is 18.2 Å². The fraction of sp³-hybridized carbons (Fsp3) is 0.462. The molecular weight excluding hydrogens is 422 g/mol. The molecule has 1 aliphatic rings. The molecule has 170 valence electrons. The second-order valence-corrected chi connectivity index (χ2v) is 8.94. The average molecular weight is 454 g/mol. The molecule has 0 bridgehead atoms. The van der Waals surface area contributed by atoms with Gasteiger partial charge in [0.15, 0.2) is 0 Å². The lowest BCUT2D eigenvalue weighted by Crippen LogP contribution is -2.32. The molecule has 1 aromatic heterocycles. The van der Waals surface area contributed by atoms with E-state index in [1.165, 1.54) is 19.3 Å². The second kappa shape index (κ2) is 11.4. The summed E-state index contributed by atoms with van der Waals surface area (Å²) in [6.45, 7) is 2.12. The SMILES string of the molecule is O=C(NCCCc1nc2ccccc2n1CCCOc1ccccc1Cl)C1CCCCC1. The first-order valence-electron chi connectivity index (χ1n) is 11.8.